The number of anilines is 1. The highest BCUT2D eigenvalue weighted by atomic mass is 16.5. The number of aromatic nitrogens is 1. The maximum atomic E-state index is 12.6. The zero-order chi connectivity index (χ0) is 17.1. The van der Waals surface area contributed by atoms with Gasteiger partial charge in [-0.15, -0.1) is 0 Å². The Morgan fingerprint density at radius 3 is 2.30 bits per heavy atom. The predicted molar refractivity (Wildman–Crippen MR) is 87.1 cm³/mol. The van der Waals surface area contributed by atoms with Gasteiger partial charge in [0, 0.05) is 0 Å². The number of carbonyl (C=O) groups excluding carboxylic acids is 2. The van der Waals surface area contributed by atoms with Crippen LogP contribution in [0.1, 0.15) is 40.1 Å². The summed E-state index contributed by atoms with van der Waals surface area (Å²) >= 11 is 0. The lowest BCUT2D eigenvalue weighted by molar-refractivity contribution is 0.0527. The van der Waals surface area contributed by atoms with Gasteiger partial charge in [-0.1, -0.05) is 17.7 Å². The molecular weight excluding hydrogens is 296 g/mol. The van der Waals surface area contributed by atoms with Crippen LogP contribution in [0.4, 0.5) is 5.82 Å². The molecule has 2 N–H and O–H groups in total. The summed E-state index contributed by atoms with van der Waals surface area (Å²) in [5, 5.41) is 0. The van der Waals surface area contributed by atoms with Gasteiger partial charge in [-0.25, -0.2) is 4.79 Å². The molecule has 0 spiro atoms. The first-order chi connectivity index (χ1) is 10.9. The van der Waals surface area contributed by atoms with Crippen LogP contribution in [0.5, 0.6) is 0 Å². The fourth-order valence-electron chi connectivity index (χ4n) is 2.21. The Morgan fingerprint density at radius 2 is 1.78 bits per heavy atom. The Bertz CT molecular complexity index is 820. The van der Waals surface area contributed by atoms with Crippen LogP contribution in [-0.4, -0.2) is 22.9 Å². The number of hydrogen-bond acceptors (Lipinski definition) is 5. The van der Waals surface area contributed by atoms with Gasteiger partial charge in [0.1, 0.15) is 11.4 Å². The molecule has 1 aromatic heterocycles. The molecular formula is C17H18N2O4. The average molecular weight is 314 g/mol. The van der Waals surface area contributed by atoms with Crippen molar-refractivity contribution in [3.63, 3.8) is 0 Å². The Kier molecular flexibility index (Phi) is 4.64. The summed E-state index contributed by atoms with van der Waals surface area (Å²) in [6.45, 7) is 5.00. The number of benzene rings is 1. The molecule has 0 amide bonds. The number of esters is 1. The fraction of sp³-hybridized carbons (Fsp3) is 0.235. The summed E-state index contributed by atoms with van der Waals surface area (Å²) < 4.78 is 6.10. The fourth-order valence-corrected chi connectivity index (χ4v) is 2.21. The van der Waals surface area contributed by atoms with Crippen LogP contribution in [-0.2, 0) is 4.74 Å². The normalized spacial score (nSPS) is 10.4. The van der Waals surface area contributed by atoms with Gasteiger partial charge in [-0.3, -0.25) is 14.2 Å². The SMILES string of the molecule is CCOC(=O)c1cc(C(C)=O)c(=O)n(-c2ccc(C)cc2)c1N. The van der Waals surface area contributed by atoms with Gasteiger partial charge in [0.25, 0.3) is 5.56 Å². The van der Waals surface area contributed by atoms with Gasteiger partial charge in [0.15, 0.2) is 5.78 Å². The molecule has 1 aromatic carbocycles. The number of nitrogens with zero attached hydrogens (tertiary/aromatic N) is 1. The van der Waals surface area contributed by atoms with Gasteiger partial charge >= 0.3 is 5.97 Å². The van der Waals surface area contributed by atoms with Gasteiger partial charge in [-0.05, 0) is 39.0 Å². The Balaban J connectivity index is 2.78. The number of Topliss-reactive ketones (excluding diaryl/α,β-unsaturated/α-hetero) is 1. The van der Waals surface area contributed by atoms with E-state index in [1.165, 1.54) is 13.0 Å². The molecule has 0 atom stereocenters. The molecule has 2 rings (SSSR count). The third-order valence-corrected chi connectivity index (χ3v) is 3.41. The number of nitrogen functional groups attached to an aromatic ring is 1. The minimum atomic E-state index is -0.673. The van der Waals surface area contributed by atoms with Gasteiger partial charge in [-0.2, -0.15) is 0 Å². The van der Waals surface area contributed by atoms with Crippen molar-refractivity contribution in [2.75, 3.05) is 12.3 Å². The first-order valence-corrected chi connectivity index (χ1v) is 7.17. The van der Waals surface area contributed by atoms with Crippen molar-refractivity contribution in [3.05, 3.63) is 57.4 Å². The molecule has 6 heteroatoms. The number of nitrogens with two attached hydrogens (primary N) is 1. The lowest BCUT2D eigenvalue weighted by Crippen LogP contribution is -2.29. The van der Waals surface area contributed by atoms with E-state index in [0.29, 0.717) is 5.69 Å². The molecule has 6 nitrogen and oxygen atoms in total. The number of rotatable bonds is 4. The van der Waals surface area contributed by atoms with E-state index in [0.717, 1.165) is 10.1 Å². The number of carbonyl (C=O) groups is 2. The minimum absolute atomic E-state index is 0.00257. The molecule has 0 aliphatic heterocycles. The highest BCUT2D eigenvalue weighted by molar-refractivity contribution is 6.00. The van der Waals surface area contributed by atoms with Crippen molar-refractivity contribution < 1.29 is 14.3 Å². The van der Waals surface area contributed by atoms with E-state index >= 15 is 0 Å². The molecule has 0 unspecified atom stereocenters. The zero-order valence-electron chi connectivity index (χ0n) is 13.3. The largest absolute Gasteiger partial charge is 0.462 e. The second-order valence-electron chi connectivity index (χ2n) is 5.11. The minimum Gasteiger partial charge on any atom is -0.462 e. The number of aryl methyl sites for hydroxylation is 1. The molecule has 0 radical (unpaired) electrons. The van der Waals surface area contributed by atoms with E-state index in [9.17, 15) is 14.4 Å². The maximum absolute atomic E-state index is 12.6. The van der Waals surface area contributed by atoms with E-state index in [2.05, 4.69) is 0 Å². The van der Waals surface area contributed by atoms with E-state index < -0.39 is 17.3 Å². The summed E-state index contributed by atoms with van der Waals surface area (Å²) in [5.41, 5.74) is 6.82. The highest BCUT2D eigenvalue weighted by Gasteiger charge is 2.21. The molecule has 1 heterocycles. The van der Waals surface area contributed by atoms with Gasteiger partial charge in [0.05, 0.1) is 17.9 Å². The van der Waals surface area contributed by atoms with Crippen LogP contribution >= 0.6 is 0 Å². The molecule has 2 aromatic rings. The first-order valence-electron chi connectivity index (χ1n) is 7.17. The zero-order valence-corrected chi connectivity index (χ0v) is 13.3. The van der Waals surface area contributed by atoms with Crippen LogP contribution < -0.4 is 11.3 Å². The molecule has 23 heavy (non-hydrogen) atoms. The smallest absolute Gasteiger partial charge is 0.341 e. The quantitative estimate of drug-likeness (QED) is 0.689. The number of ether oxygens (including phenoxy) is 1. The van der Waals surface area contributed by atoms with Crippen molar-refractivity contribution >= 4 is 17.6 Å². The maximum Gasteiger partial charge on any atom is 0.341 e. The molecule has 0 fully saturated rings. The van der Waals surface area contributed by atoms with Crippen LogP contribution in [0.25, 0.3) is 5.69 Å². The second-order valence-corrected chi connectivity index (χ2v) is 5.11. The number of pyridine rings is 1. The van der Waals surface area contributed by atoms with Crippen molar-refractivity contribution in [1.82, 2.24) is 4.57 Å². The third-order valence-electron chi connectivity index (χ3n) is 3.41. The molecule has 0 saturated carbocycles. The Labute approximate surface area is 133 Å². The summed E-state index contributed by atoms with van der Waals surface area (Å²) in [5.74, 6) is -1.17. The molecule has 0 bridgehead atoms. The molecule has 0 aliphatic rings. The Hall–Kier alpha value is -2.89. The second kappa shape index (κ2) is 6.48. The predicted octanol–water partition coefficient (Wildman–Crippen LogP) is 2.11. The lowest BCUT2D eigenvalue weighted by atomic mass is 10.1. The summed E-state index contributed by atoms with van der Waals surface area (Å²) in [6.07, 6.45) is 0. The van der Waals surface area contributed by atoms with Gasteiger partial charge < -0.3 is 10.5 Å². The van der Waals surface area contributed by atoms with Crippen LogP contribution in [0, 0.1) is 6.92 Å². The third kappa shape index (κ3) is 3.15. The lowest BCUT2D eigenvalue weighted by Gasteiger charge is -2.15. The van der Waals surface area contributed by atoms with E-state index in [1.54, 1.807) is 19.1 Å². The topological polar surface area (TPSA) is 91.4 Å². The van der Waals surface area contributed by atoms with Gasteiger partial charge in [0.2, 0.25) is 0 Å². The van der Waals surface area contributed by atoms with Crippen LogP contribution in [0.2, 0.25) is 0 Å². The number of hydrogen-bond donors (Lipinski definition) is 1. The van der Waals surface area contributed by atoms with Crippen molar-refractivity contribution in [3.8, 4) is 5.69 Å². The number of ketones is 1. The van der Waals surface area contributed by atoms with E-state index in [-0.39, 0.29) is 23.6 Å². The summed E-state index contributed by atoms with van der Waals surface area (Å²) in [6, 6.07) is 8.22. The van der Waals surface area contributed by atoms with Crippen molar-refractivity contribution in [1.29, 1.82) is 0 Å². The molecule has 0 aliphatic carbocycles. The van der Waals surface area contributed by atoms with E-state index in [4.69, 9.17) is 10.5 Å². The summed E-state index contributed by atoms with van der Waals surface area (Å²) in [7, 11) is 0. The standard InChI is InChI=1S/C17H18N2O4/c1-4-23-17(22)14-9-13(11(3)20)16(21)19(15(14)18)12-7-5-10(2)6-8-12/h5-9H,4,18H2,1-3H3. The first kappa shape index (κ1) is 16.5. The van der Waals surface area contributed by atoms with Crippen molar-refractivity contribution in [2.24, 2.45) is 0 Å². The molecule has 0 saturated heterocycles. The average Bonchev–Trinajstić information content (AvgIpc) is 2.49. The van der Waals surface area contributed by atoms with Crippen LogP contribution in [0.3, 0.4) is 0 Å². The monoisotopic (exact) mass is 314 g/mol. The Morgan fingerprint density at radius 1 is 1.17 bits per heavy atom. The highest BCUT2D eigenvalue weighted by Crippen LogP contribution is 2.18. The van der Waals surface area contributed by atoms with Crippen molar-refractivity contribution in [2.45, 2.75) is 20.8 Å². The summed E-state index contributed by atoms with van der Waals surface area (Å²) in [4.78, 5) is 36.4. The molecule has 120 valence electrons. The van der Waals surface area contributed by atoms with Crippen LogP contribution in [0.15, 0.2) is 35.1 Å². The van der Waals surface area contributed by atoms with E-state index in [1.807, 2.05) is 19.1 Å².